The third-order valence-electron chi connectivity index (χ3n) is 1.72. The van der Waals surface area contributed by atoms with Crippen LogP contribution in [0.15, 0.2) is 28.7 Å². The molecule has 0 aliphatic carbocycles. The molecule has 2 nitrogen and oxygen atoms in total. The fourth-order valence-corrected chi connectivity index (χ4v) is 1.54. The van der Waals surface area contributed by atoms with Gasteiger partial charge in [-0.3, -0.25) is 4.79 Å². The molecule has 74 valence electrons. The molecule has 0 aliphatic rings. The first-order chi connectivity index (χ1) is 6.65. The Morgan fingerprint density at radius 1 is 1.50 bits per heavy atom. The van der Waals surface area contributed by atoms with Crippen molar-refractivity contribution in [1.29, 1.82) is 0 Å². The summed E-state index contributed by atoms with van der Waals surface area (Å²) in [6.07, 6.45) is 3.26. The molecule has 3 heteroatoms. The average Bonchev–Trinajstić information content (AvgIpc) is 2.15. The SMILES string of the molecule is COc1cccc(Br)c1/C=C/C(C)=O. The summed E-state index contributed by atoms with van der Waals surface area (Å²) >= 11 is 3.40. The molecular weight excluding hydrogens is 244 g/mol. The van der Waals surface area contributed by atoms with Gasteiger partial charge in [-0.05, 0) is 31.2 Å². The van der Waals surface area contributed by atoms with Gasteiger partial charge in [0.2, 0.25) is 0 Å². The monoisotopic (exact) mass is 254 g/mol. The molecule has 0 saturated carbocycles. The minimum atomic E-state index is 0.0165. The molecule has 1 rings (SSSR count). The largest absolute Gasteiger partial charge is 0.496 e. The molecule has 0 saturated heterocycles. The molecule has 0 bridgehead atoms. The van der Waals surface area contributed by atoms with Crippen LogP contribution in [0.4, 0.5) is 0 Å². The second-order valence-electron chi connectivity index (χ2n) is 2.80. The van der Waals surface area contributed by atoms with Crippen LogP contribution in [0.5, 0.6) is 5.75 Å². The third-order valence-corrected chi connectivity index (χ3v) is 2.41. The van der Waals surface area contributed by atoms with Crippen molar-refractivity contribution >= 4 is 27.8 Å². The lowest BCUT2D eigenvalue weighted by molar-refractivity contribution is -0.112. The van der Waals surface area contributed by atoms with Crippen molar-refractivity contribution in [2.75, 3.05) is 7.11 Å². The van der Waals surface area contributed by atoms with E-state index in [0.717, 1.165) is 15.8 Å². The number of rotatable bonds is 3. The van der Waals surface area contributed by atoms with Gasteiger partial charge in [-0.1, -0.05) is 22.0 Å². The summed E-state index contributed by atoms with van der Waals surface area (Å²) in [6, 6.07) is 5.64. The molecule has 0 N–H and O–H groups in total. The molecule has 0 atom stereocenters. The van der Waals surface area contributed by atoms with E-state index in [9.17, 15) is 4.79 Å². The Hall–Kier alpha value is -1.09. The highest BCUT2D eigenvalue weighted by Gasteiger charge is 2.02. The van der Waals surface area contributed by atoms with Gasteiger partial charge in [0, 0.05) is 10.0 Å². The van der Waals surface area contributed by atoms with Crippen LogP contribution in [0.3, 0.4) is 0 Å². The Balaban J connectivity index is 3.11. The van der Waals surface area contributed by atoms with Gasteiger partial charge in [0.1, 0.15) is 5.75 Å². The number of carbonyl (C=O) groups excluding carboxylic acids is 1. The summed E-state index contributed by atoms with van der Waals surface area (Å²) in [6.45, 7) is 1.51. The summed E-state index contributed by atoms with van der Waals surface area (Å²) in [4.78, 5) is 10.8. The first-order valence-electron chi connectivity index (χ1n) is 4.16. The number of hydrogen-bond acceptors (Lipinski definition) is 2. The number of methoxy groups -OCH3 is 1. The number of ether oxygens (including phenoxy) is 1. The lowest BCUT2D eigenvalue weighted by Gasteiger charge is -2.05. The van der Waals surface area contributed by atoms with Crippen molar-refractivity contribution in [3.63, 3.8) is 0 Å². The lowest BCUT2D eigenvalue weighted by atomic mass is 10.2. The summed E-state index contributed by atoms with van der Waals surface area (Å²) in [5, 5.41) is 0. The van der Waals surface area contributed by atoms with E-state index in [0.29, 0.717) is 0 Å². The van der Waals surface area contributed by atoms with Gasteiger partial charge in [0.25, 0.3) is 0 Å². The molecule has 0 radical (unpaired) electrons. The van der Waals surface area contributed by atoms with E-state index in [2.05, 4.69) is 15.9 Å². The van der Waals surface area contributed by atoms with Crippen LogP contribution < -0.4 is 4.74 Å². The zero-order valence-electron chi connectivity index (χ0n) is 8.08. The third kappa shape index (κ3) is 2.70. The number of hydrogen-bond donors (Lipinski definition) is 0. The molecule has 1 aromatic carbocycles. The molecule has 0 spiro atoms. The second kappa shape index (κ2) is 4.96. The van der Waals surface area contributed by atoms with E-state index in [1.807, 2.05) is 18.2 Å². The van der Waals surface area contributed by atoms with E-state index in [-0.39, 0.29) is 5.78 Å². The van der Waals surface area contributed by atoms with Gasteiger partial charge in [-0.2, -0.15) is 0 Å². The number of ketones is 1. The molecule has 0 unspecified atom stereocenters. The molecule has 0 amide bonds. The van der Waals surface area contributed by atoms with Crippen molar-refractivity contribution in [3.8, 4) is 5.75 Å². The van der Waals surface area contributed by atoms with Crippen molar-refractivity contribution in [3.05, 3.63) is 34.3 Å². The van der Waals surface area contributed by atoms with Crippen LogP contribution in [-0.4, -0.2) is 12.9 Å². The normalized spacial score (nSPS) is 10.5. The highest BCUT2D eigenvalue weighted by atomic mass is 79.9. The zero-order valence-corrected chi connectivity index (χ0v) is 9.67. The topological polar surface area (TPSA) is 26.3 Å². The molecule has 0 aliphatic heterocycles. The Labute approximate surface area is 91.7 Å². The molecule has 0 fully saturated rings. The van der Waals surface area contributed by atoms with Crippen LogP contribution in [0.1, 0.15) is 12.5 Å². The molecule has 0 heterocycles. The van der Waals surface area contributed by atoms with Crippen LogP contribution >= 0.6 is 15.9 Å². The Morgan fingerprint density at radius 2 is 2.21 bits per heavy atom. The van der Waals surface area contributed by atoms with Crippen LogP contribution in [0, 0.1) is 0 Å². The number of allylic oxidation sites excluding steroid dienone is 1. The van der Waals surface area contributed by atoms with Gasteiger partial charge in [0.05, 0.1) is 7.11 Å². The van der Waals surface area contributed by atoms with Crippen molar-refractivity contribution in [1.82, 2.24) is 0 Å². The average molecular weight is 255 g/mol. The minimum Gasteiger partial charge on any atom is -0.496 e. The molecule has 1 aromatic rings. The standard InChI is InChI=1S/C11H11BrO2/c1-8(13)6-7-9-10(12)4-3-5-11(9)14-2/h3-7H,1-2H3/b7-6+. The van der Waals surface area contributed by atoms with E-state index in [4.69, 9.17) is 4.74 Å². The van der Waals surface area contributed by atoms with Crippen molar-refractivity contribution in [2.24, 2.45) is 0 Å². The number of carbonyl (C=O) groups is 1. The number of halogens is 1. The van der Waals surface area contributed by atoms with Crippen molar-refractivity contribution < 1.29 is 9.53 Å². The molecule has 0 aromatic heterocycles. The van der Waals surface area contributed by atoms with Gasteiger partial charge >= 0.3 is 0 Å². The Bertz CT molecular complexity index is 370. The zero-order chi connectivity index (χ0) is 10.6. The number of benzene rings is 1. The summed E-state index contributed by atoms with van der Waals surface area (Å²) < 4.78 is 6.08. The second-order valence-corrected chi connectivity index (χ2v) is 3.65. The maximum Gasteiger partial charge on any atom is 0.152 e. The van der Waals surface area contributed by atoms with Crippen molar-refractivity contribution in [2.45, 2.75) is 6.92 Å². The van der Waals surface area contributed by atoms with Gasteiger partial charge < -0.3 is 4.74 Å². The molecular formula is C11H11BrO2. The predicted octanol–water partition coefficient (Wildman–Crippen LogP) is 3.06. The Morgan fingerprint density at radius 3 is 2.79 bits per heavy atom. The summed E-state index contributed by atoms with van der Waals surface area (Å²) in [5.41, 5.74) is 0.880. The van der Waals surface area contributed by atoms with Gasteiger partial charge in [-0.25, -0.2) is 0 Å². The quantitative estimate of drug-likeness (QED) is 0.776. The highest BCUT2D eigenvalue weighted by Crippen LogP contribution is 2.27. The maximum absolute atomic E-state index is 10.8. The van der Waals surface area contributed by atoms with Gasteiger partial charge in [-0.15, -0.1) is 0 Å². The van der Waals surface area contributed by atoms with E-state index >= 15 is 0 Å². The fraction of sp³-hybridized carbons (Fsp3) is 0.182. The van der Waals surface area contributed by atoms with E-state index < -0.39 is 0 Å². The summed E-state index contributed by atoms with van der Waals surface area (Å²) in [7, 11) is 1.60. The molecule has 14 heavy (non-hydrogen) atoms. The van der Waals surface area contributed by atoms with E-state index in [1.165, 1.54) is 13.0 Å². The Kier molecular flexibility index (Phi) is 3.89. The van der Waals surface area contributed by atoms with Gasteiger partial charge in [0.15, 0.2) is 5.78 Å². The van der Waals surface area contributed by atoms with Crippen LogP contribution in [0.25, 0.3) is 6.08 Å². The predicted molar refractivity (Wildman–Crippen MR) is 60.4 cm³/mol. The first-order valence-corrected chi connectivity index (χ1v) is 4.95. The maximum atomic E-state index is 10.8. The van der Waals surface area contributed by atoms with E-state index in [1.54, 1.807) is 13.2 Å². The van der Waals surface area contributed by atoms with Crippen LogP contribution in [-0.2, 0) is 4.79 Å². The fourth-order valence-electron chi connectivity index (χ4n) is 1.06. The first kappa shape index (κ1) is 11.0. The highest BCUT2D eigenvalue weighted by molar-refractivity contribution is 9.10. The smallest absolute Gasteiger partial charge is 0.152 e. The lowest BCUT2D eigenvalue weighted by Crippen LogP contribution is -1.88. The summed E-state index contributed by atoms with van der Waals surface area (Å²) in [5.74, 6) is 0.764. The minimum absolute atomic E-state index is 0.0165. The van der Waals surface area contributed by atoms with Crippen LogP contribution in [0.2, 0.25) is 0 Å².